The molecule has 0 bridgehead atoms. The number of hydrogen-bond donors (Lipinski definition) is 3. The maximum absolute atomic E-state index is 12.0. The molecule has 0 aliphatic rings. The molecule has 0 amide bonds. The predicted octanol–water partition coefficient (Wildman–Crippen LogP) is 1.10. The Kier molecular flexibility index (Phi) is 4.26. The molecule has 2 aromatic rings. The fourth-order valence-electron chi connectivity index (χ4n) is 1.66. The molecule has 8 heteroatoms. The average molecular weight is 297 g/mol. The molecule has 7 nitrogen and oxygen atoms in total. The van der Waals surface area contributed by atoms with Gasteiger partial charge in [-0.1, -0.05) is 0 Å². The fourth-order valence-corrected chi connectivity index (χ4v) is 2.62. The Morgan fingerprint density at radius 3 is 2.85 bits per heavy atom. The second-order valence-corrected chi connectivity index (χ2v) is 5.59. The Morgan fingerprint density at radius 1 is 1.45 bits per heavy atom. The minimum Gasteiger partial charge on any atom is -0.494 e. The summed E-state index contributed by atoms with van der Waals surface area (Å²) in [5.74, 6) is 0.527. The minimum absolute atomic E-state index is 0.0306. The van der Waals surface area contributed by atoms with Crippen molar-refractivity contribution >= 4 is 15.7 Å². The van der Waals surface area contributed by atoms with Crippen molar-refractivity contribution < 1.29 is 18.3 Å². The van der Waals surface area contributed by atoms with E-state index in [1.807, 2.05) is 6.92 Å². The van der Waals surface area contributed by atoms with Gasteiger partial charge in [0.25, 0.3) is 10.0 Å². The lowest BCUT2D eigenvalue weighted by atomic mass is 10.2. The quantitative estimate of drug-likeness (QED) is 0.740. The summed E-state index contributed by atoms with van der Waals surface area (Å²) in [4.78, 5) is 6.19. The van der Waals surface area contributed by atoms with Crippen LogP contribution in [0.4, 0.5) is 5.69 Å². The van der Waals surface area contributed by atoms with E-state index in [4.69, 9.17) is 4.74 Å². The monoisotopic (exact) mass is 297 g/mol. The highest BCUT2D eigenvalue weighted by atomic mass is 32.2. The van der Waals surface area contributed by atoms with E-state index >= 15 is 0 Å². The number of aliphatic hydroxyl groups excluding tert-OH is 1. The second kappa shape index (κ2) is 5.93. The first-order valence-corrected chi connectivity index (χ1v) is 7.43. The molecule has 0 unspecified atom stereocenters. The Balaban J connectivity index is 2.26. The van der Waals surface area contributed by atoms with Crippen LogP contribution in [0.3, 0.4) is 0 Å². The number of H-pyrrole nitrogens is 1. The van der Waals surface area contributed by atoms with Crippen LogP contribution in [-0.4, -0.2) is 30.1 Å². The second-order valence-electron chi connectivity index (χ2n) is 3.93. The van der Waals surface area contributed by atoms with E-state index in [1.165, 1.54) is 18.6 Å². The number of imidazole rings is 1. The molecule has 1 aromatic carbocycles. The lowest BCUT2D eigenvalue weighted by molar-refractivity contribution is 0.267. The normalized spacial score (nSPS) is 11.3. The molecule has 20 heavy (non-hydrogen) atoms. The Hall–Kier alpha value is -2.06. The number of benzene rings is 1. The summed E-state index contributed by atoms with van der Waals surface area (Å²) in [6, 6.07) is 4.71. The summed E-state index contributed by atoms with van der Waals surface area (Å²) in [5, 5.41) is 9.25. The zero-order valence-electron chi connectivity index (χ0n) is 10.8. The van der Waals surface area contributed by atoms with Gasteiger partial charge in [-0.25, -0.2) is 4.98 Å². The van der Waals surface area contributed by atoms with Gasteiger partial charge in [0.15, 0.2) is 5.03 Å². The number of hydrogen-bond acceptors (Lipinski definition) is 5. The first-order valence-electron chi connectivity index (χ1n) is 5.94. The van der Waals surface area contributed by atoms with Crippen LogP contribution in [-0.2, 0) is 16.6 Å². The summed E-state index contributed by atoms with van der Waals surface area (Å²) in [7, 11) is -3.71. The van der Waals surface area contributed by atoms with Gasteiger partial charge in [0.05, 0.1) is 25.7 Å². The Morgan fingerprint density at radius 2 is 2.25 bits per heavy atom. The summed E-state index contributed by atoms with van der Waals surface area (Å²) in [6.45, 7) is 2.05. The van der Waals surface area contributed by atoms with Crippen molar-refractivity contribution in [1.82, 2.24) is 9.97 Å². The van der Waals surface area contributed by atoms with Gasteiger partial charge in [-0.15, -0.1) is 0 Å². The lowest BCUT2D eigenvalue weighted by Gasteiger charge is -2.11. The standard InChI is InChI=1S/C12H15N3O4S/c1-2-19-11-4-3-10(5-9(11)7-16)15-20(17,18)12-6-13-8-14-12/h3-6,8,15-16H,2,7H2,1H3,(H,13,14). The Labute approximate surface area is 116 Å². The topological polar surface area (TPSA) is 104 Å². The van der Waals surface area contributed by atoms with Crippen molar-refractivity contribution in [3.8, 4) is 5.75 Å². The third-order valence-electron chi connectivity index (χ3n) is 2.55. The van der Waals surface area contributed by atoms with Gasteiger partial charge < -0.3 is 14.8 Å². The lowest BCUT2D eigenvalue weighted by Crippen LogP contribution is -2.13. The van der Waals surface area contributed by atoms with Crippen LogP contribution in [0.25, 0.3) is 0 Å². The van der Waals surface area contributed by atoms with E-state index in [9.17, 15) is 13.5 Å². The van der Waals surface area contributed by atoms with Crippen LogP contribution >= 0.6 is 0 Å². The van der Waals surface area contributed by atoms with Crippen LogP contribution in [0, 0.1) is 0 Å². The van der Waals surface area contributed by atoms with Crippen LogP contribution in [0.2, 0.25) is 0 Å². The molecule has 0 atom stereocenters. The number of sulfonamides is 1. The van der Waals surface area contributed by atoms with Gasteiger partial charge in [-0.05, 0) is 25.1 Å². The zero-order valence-corrected chi connectivity index (χ0v) is 11.6. The number of anilines is 1. The van der Waals surface area contributed by atoms with Crippen molar-refractivity contribution in [3.05, 3.63) is 36.3 Å². The summed E-state index contributed by atoms with van der Waals surface area (Å²) >= 11 is 0. The van der Waals surface area contributed by atoms with E-state index in [0.29, 0.717) is 23.6 Å². The number of aromatic amines is 1. The number of nitrogens with one attached hydrogen (secondary N) is 2. The van der Waals surface area contributed by atoms with Gasteiger partial charge in [-0.2, -0.15) is 8.42 Å². The molecule has 1 heterocycles. The molecule has 0 saturated carbocycles. The van der Waals surface area contributed by atoms with E-state index in [-0.39, 0.29) is 11.6 Å². The van der Waals surface area contributed by atoms with Crippen molar-refractivity contribution in [2.45, 2.75) is 18.6 Å². The SMILES string of the molecule is CCOc1ccc(NS(=O)(=O)c2cnc[nH]2)cc1CO. The van der Waals surface area contributed by atoms with Gasteiger partial charge in [0, 0.05) is 11.3 Å². The predicted molar refractivity (Wildman–Crippen MR) is 72.9 cm³/mol. The zero-order chi connectivity index (χ0) is 14.6. The first kappa shape index (κ1) is 14.4. The van der Waals surface area contributed by atoms with Crippen molar-refractivity contribution in [2.24, 2.45) is 0 Å². The van der Waals surface area contributed by atoms with Gasteiger partial charge in [-0.3, -0.25) is 4.72 Å². The molecule has 0 aliphatic heterocycles. The molecule has 0 aliphatic carbocycles. The summed E-state index contributed by atoms with van der Waals surface area (Å²) < 4.78 is 31.7. The maximum atomic E-state index is 12.0. The Bertz CT molecular complexity index is 668. The number of aromatic nitrogens is 2. The fraction of sp³-hybridized carbons (Fsp3) is 0.250. The molecule has 0 spiro atoms. The molecule has 108 valence electrons. The third-order valence-corrected chi connectivity index (χ3v) is 3.85. The largest absolute Gasteiger partial charge is 0.494 e. The van der Waals surface area contributed by atoms with E-state index in [1.54, 1.807) is 12.1 Å². The van der Waals surface area contributed by atoms with Crippen LogP contribution in [0.15, 0.2) is 35.7 Å². The highest BCUT2D eigenvalue weighted by Gasteiger charge is 2.16. The molecule has 2 rings (SSSR count). The third kappa shape index (κ3) is 3.09. The van der Waals surface area contributed by atoms with Crippen molar-refractivity contribution in [2.75, 3.05) is 11.3 Å². The molecule has 1 aromatic heterocycles. The average Bonchev–Trinajstić information content (AvgIpc) is 2.95. The van der Waals surface area contributed by atoms with E-state index in [0.717, 1.165) is 0 Å². The molecule has 0 fully saturated rings. The van der Waals surface area contributed by atoms with Gasteiger partial charge in [0.2, 0.25) is 0 Å². The first-order chi connectivity index (χ1) is 9.56. The number of ether oxygens (including phenoxy) is 1. The molecular weight excluding hydrogens is 282 g/mol. The van der Waals surface area contributed by atoms with E-state index in [2.05, 4.69) is 14.7 Å². The highest BCUT2D eigenvalue weighted by molar-refractivity contribution is 7.92. The maximum Gasteiger partial charge on any atom is 0.278 e. The molecule has 3 N–H and O–H groups in total. The smallest absolute Gasteiger partial charge is 0.278 e. The number of rotatable bonds is 6. The van der Waals surface area contributed by atoms with Crippen LogP contribution < -0.4 is 9.46 Å². The van der Waals surface area contributed by atoms with Crippen LogP contribution in [0.1, 0.15) is 12.5 Å². The number of nitrogens with zero attached hydrogens (tertiary/aromatic N) is 1. The van der Waals surface area contributed by atoms with Crippen molar-refractivity contribution in [3.63, 3.8) is 0 Å². The molecule has 0 saturated heterocycles. The van der Waals surface area contributed by atoms with Crippen molar-refractivity contribution in [1.29, 1.82) is 0 Å². The number of aliphatic hydroxyl groups is 1. The molecule has 0 radical (unpaired) electrons. The molecular formula is C12H15N3O4S. The minimum atomic E-state index is -3.71. The summed E-state index contributed by atoms with van der Waals surface area (Å²) in [5.41, 5.74) is 0.851. The van der Waals surface area contributed by atoms with Gasteiger partial charge >= 0.3 is 0 Å². The van der Waals surface area contributed by atoms with E-state index < -0.39 is 10.0 Å². The van der Waals surface area contributed by atoms with Crippen LogP contribution in [0.5, 0.6) is 5.75 Å². The summed E-state index contributed by atoms with van der Waals surface area (Å²) in [6.07, 6.45) is 2.50. The van der Waals surface area contributed by atoms with Gasteiger partial charge in [0.1, 0.15) is 5.75 Å². The highest BCUT2D eigenvalue weighted by Crippen LogP contribution is 2.24.